The molecule has 0 saturated heterocycles. The molecular formula is C25H20O7. The van der Waals surface area contributed by atoms with Gasteiger partial charge in [0.05, 0.1) is 19.8 Å². The minimum Gasteiger partial charge on any atom is -0.493 e. The molecule has 4 aromatic rings. The highest BCUT2D eigenvalue weighted by molar-refractivity contribution is 5.83. The number of carbonyl (C=O) groups is 1. The molecule has 0 aliphatic heterocycles. The number of rotatable bonds is 7. The second kappa shape index (κ2) is 8.85. The molecule has 32 heavy (non-hydrogen) atoms. The van der Waals surface area contributed by atoms with Crippen molar-refractivity contribution in [1.82, 2.24) is 0 Å². The largest absolute Gasteiger partial charge is 0.493 e. The van der Waals surface area contributed by atoms with Crippen molar-refractivity contribution in [3.05, 3.63) is 88.8 Å². The van der Waals surface area contributed by atoms with Crippen LogP contribution in [-0.4, -0.2) is 25.3 Å². The molecule has 3 aromatic carbocycles. The van der Waals surface area contributed by atoms with Gasteiger partial charge in [-0.05, 0) is 35.9 Å². The third-order valence-corrected chi connectivity index (χ3v) is 4.98. The lowest BCUT2D eigenvalue weighted by atomic mass is 10.1. The summed E-state index contributed by atoms with van der Waals surface area (Å²) in [5.41, 5.74) is 1.23. The average molecular weight is 432 g/mol. The molecule has 1 N–H and O–H groups in total. The average Bonchev–Trinajstić information content (AvgIpc) is 2.81. The third-order valence-electron chi connectivity index (χ3n) is 4.98. The maximum Gasteiger partial charge on any atom is 0.349 e. The smallest absolute Gasteiger partial charge is 0.349 e. The predicted molar refractivity (Wildman–Crippen MR) is 118 cm³/mol. The zero-order valence-corrected chi connectivity index (χ0v) is 17.4. The van der Waals surface area contributed by atoms with E-state index in [0.717, 1.165) is 0 Å². The molecule has 0 saturated carbocycles. The maximum absolute atomic E-state index is 12.7. The molecule has 0 bridgehead atoms. The maximum atomic E-state index is 12.7. The molecule has 1 aromatic heterocycles. The molecule has 1 heterocycles. The van der Waals surface area contributed by atoms with Crippen LogP contribution in [0.3, 0.4) is 0 Å². The van der Waals surface area contributed by atoms with E-state index < -0.39 is 17.7 Å². The zero-order valence-electron chi connectivity index (χ0n) is 17.4. The van der Waals surface area contributed by atoms with Crippen LogP contribution in [0.4, 0.5) is 0 Å². The van der Waals surface area contributed by atoms with E-state index in [0.29, 0.717) is 33.6 Å². The van der Waals surface area contributed by atoms with Gasteiger partial charge in [0.1, 0.15) is 11.3 Å². The van der Waals surface area contributed by atoms with Gasteiger partial charge in [0.2, 0.25) is 6.10 Å². The summed E-state index contributed by atoms with van der Waals surface area (Å²) in [6.45, 7) is 0. The van der Waals surface area contributed by atoms with E-state index in [-0.39, 0.29) is 11.3 Å². The lowest BCUT2D eigenvalue weighted by molar-refractivity contribution is -0.145. The minimum absolute atomic E-state index is 0.274. The van der Waals surface area contributed by atoms with Gasteiger partial charge in [-0.1, -0.05) is 36.4 Å². The molecule has 0 amide bonds. The fourth-order valence-electron chi connectivity index (χ4n) is 3.39. The van der Waals surface area contributed by atoms with Crippen molar-refractivity contribution in [2.24, 2.45) is 0 Å². The molecule has 7 nitrogen and oxygen atoms in total. The fourth-order valence-corrected chi connectivity index (χ4v) is 3.39. The van der Waals surface area contributed by atoms with Crippen molar-refractivity contribution in [2.75, 3.05) is 14.2 Å². The fraction of sp³-hybridized carbons (Fsp3) is 0.120. The quantitative estimate of drug-likeness (QED) is 0.424. The van der Waals surface area contributed by atoms with Gasteiger partial charge in [0.25, 0.3) is 0 Å². The van der Waals surface area contributed by atoms with Crippen molar-refractivity contribution in [3.8, 4) is 28.4 Å². The normalized spacial score (nSPS) is 11.7. The molecule has 162 valence electrons. The number of hydrogen-bond donors (Lipinski definition) is 1. The second-order valence-electron chi connectivity index (χ2n) is 6.96. The molecule has 0 spiro atoms. The highest BCUT2D eigenvalue weighted by Gasteiger charge is 2.22. The van der Waals surface area contributed by atoms with Crippen LogP contribution >= 0.6 is 0 Å². The van der Waals surface area contributed by atoms with E-state index in [2.05, 4.69) is 0 Å². The third kappa shape index (κ3) is 4.13. The number of carboxylic acids is 1. The Labute approximate surface area is 183 Å². The Balaban J connectivity index is 1.69. The first-order valence-electron chi connectivity index (χ1n) is 9.75. The Kier molecular flexibility index (Phi) is 5.81. The predicted octanol–water partition coefficient (Wildman–Crippen LogP) is 4.68. The zero-order chi connectivity index (χ0) is 22.7. The Morgan fingerprint density at radius 3 is 2.34 bits per heavy atom. The summed E-state index contributed by atoms with van der Waals surface area (Å²) in [6.07, 6.45) is -1.19. The van der Waals surface area contributed by atoms with Crippen molar-refractivity contribution in [2.45, 2.75) is 6.10 Å². The molecule has 0 fully saturated rings. The molecule has 0 unspecified atom stereocenters. The van der Waals surface area contributed by atoms with Gasteiger partial charge < -0.3 is 23.7 Å². The molecule has 0 aliphatic carbocycles. The summed E-state index contributed by atoms with van der Waals surface area (Å²) in [5.74, 6) is 0.195. The molecule has 1 atom stereocenters. The summed E-state index contributed by atoms with van der Waals surface area (Å²) in [4.78, 5) is 24.4. The SMILES string of the molecule is COc1ccc(-c2cc3ccc(O[C@H](C(=O)O)c4ccccc4)cc3oc2=O)cc1OC. The lowest BCUT2D eigenvalue weighted by Gasteiger charge is -2.15. The molecule has 4 rings (SSSR count). The van der Waals surface area contributed by atoms with E-state index in [1.54, 1.807) is 66.7 Å². The Morgan fingerprint density at radius 1 is 0.906 bits per heavy atom. The Hall–Kier alpha value is -4.26. The highest BCUT2D eigenvalue weighted by Crippen LogP contribution is 2.33. The van der Waals surface area contributed by atoms with E-state index in [1.165, 1.54) is 20.3 Å². The minimum atomic E-state index is -1.19. The van der Waals surface area contributed by atoms with Gasteiger partial charge >= 0.3 is 11.6 Å². The van der Waals surface area contributed by atoms with Gasteiger partial charge in [-0.2, -0.15) is 0 Å². The van der Waals surface area contributed by atoms with Crippen molar-refractivity contribution >= 4 is 16.9 Å². The molecular weight excluding hydrogens is 412 g/mol. The number of aliphatic carboxylic acids is 1. The van der Waals surface area contributed by atoms with Gasteiger partial charge in [-0.15, -0.1) is 0 Å². The number of carboxylic acid groups (broad SMARTS) is 1. The number of benzene rings is 3. The second-order valence-corrected chi connectivity index (χ2v) is 6.96. The van der Waals surface area contributed by atoms with Crippen LogP contribution in [0.25, 0.3) is 22.1 Å². The van der Waals surface area contributed by atoms with Crippen LogP contribution in [0.2, 0.25) is 0 Å². The highest BCUT2D eigenvalue weighted by atomic mass is 16.5. The van der Waals surface area contributed by atoms with Crippen LogP contribution in [-0.2, 0) is 4.79 Å². The van der Waals surface area contributed by atoms with E-state index in [1.807, 2.05) is 0 Å². The standard InChI is InChI=1S/C25H20O7/c1-29-20-11-9-16(13-22(20)30-2)19-12-17-8-10-18(14-21(17)32-25(19)28)31-23(24(26)27)15-6-4-3-5-7-15/h3-14,23H,1-2H3,(H,26,27)/t23-/m0/s1. The molecule has 0 radical (unpaired) electrons. The van der Waals surface area contributed by atoms with E-state index in [4.69, 9.17) is 18.6 Å². The van der Waals surface area contributed by atoms with Gasteiger partial charge in [0.15, 0.2) is 11.5 Å². The summed E-state index contributed by atoms with van der Waals surface area (Å²) in [6, 6.07) is 20.3. The monoisotopic (exact) mass is 432 g/mol. The number of fused-ring (bicyclic) bond motifs is 1. The van der Waals surface area contributed by atoms with E-state index >= 15 is 0 Å². The Morgan fingerprint density at radius 2 is 1.66 bits per heavy atom. The lowest BCUT2D eigenvalue weighted by Crippen LogP contribution is -2.18. The first kappa shape index (κ1) is 21.0. The van der Waals surface area contributed by atoms with Crippen LogP contribution in [0.15, 0.2) is 82.0 Å². The van der Waals surface area contributed by atoms with Crippen LogP contribution in [0.5, 0.6) is 17.2 Å². The van der Waals surface area contributed by atoms with Crippen LogP contribution in [0.1, 0.15) is 11.7 Å². The first-order chi connectivity index (χ1) is 15.5. The van der Waals surface area contributed by atoms with Gasteiger partial charge in [-0.25, -0.2) is 9.59 Å². The van der Waals surface area contributed by atoms with Crippen molar-refractivity contribution in [3.63, 3.8) is 0 Å². The van der Waals surface area contributed by atoms with Crippen molar-refractivity contribution < 1.29 is 28.5 Å². The van der Waals surface area contributed by atoms with Crippen LogP contribution < -0.4 is 19.8 Å². The van der Waals surface area contributed by atoms with Crippen LogP contribution in [0, 0.1) is 0 Å². The topological polar surface area (TPSA) is 95.2 Å². The van der Waals surface area contributed by atoms with Gasteiger partial charge in [0, 0.05) is 17.0 Å². The number of ether oxygens (including phenoxy) is 3. The summed E-state index contributed by atoms with van der Waals surface area (Å²) >= 11 is 0. The van der Waals surface area contributed by atoms with E-state index in [9.17, 15) is 14.7 Å². The summed E-state index contributed by atoms with van der Waals surface area (Å²) in [7, 11) is 3.06. The number of hydrogen-bond acceptors (Lipinski definition) is 6. The number of methoxy groups -OCH3 is 2. The molecule has 7 heteroatoms. The van der Waals surface area contributed by atoms with Gasteiger partial charge in [-0.3, -0.25) is 0 Å². The summed E-state index contributed by atoms with van der Waals surface area (Å²) < 4.78 is 21.8. The Bertz CT molecular complexity index is 1330. The first-order valence-corrected chi connectivity index (χ1v) is 9.75. The summed E-state index contributed by atoms with van der Waals surface area (Å²) in [5, 5.41) is 10.2. The molecule has 0 aliphatic rings. The van der Waals surface area contributed by atoms with Crippen molar-refractivity contribution in [1.29, 1.82) is 0 Å².